The lowest BCUT2D eigenvalue weighted by Gasteiger charge is -1.96. The summed E-state index contributed by atoms with van der Waals surface area (Å²) < 4.78 is 5.96. The Hall–Kier alpha value is -2.03. The molecule has 0 spiro atoms. The highest BCUT2D eigenvalue weighted by Gasteiger charge is 2.12. The van der Waals surface area contributed by atoms with Crippen LogP contribution in [0.25, 0.3) is 0 Å². The van der Waals surface area contributed by atoms with Crippen LogP contribution in [0.5, 0.6) is 0 Å². The van der Waals surface area contributed by atoms with Gasteiger partial charge in [0.05, 0.1) is 12.7 Å². The van der Waals surface area contributed by atoms with Crippen LogP contribution in [0, 0.1) is 11.3 Å². The number of hydrogen-bond donors (Lipinski definition) is 1. The topological polar surface area (TPSA) is 93.9 Å². The smallest absolute Gasteiger partial charge is 0.358 e. The first kappa shape index (κ1) is 10.1. The van der Waals surface area contributed by atoms with Crippen LogP contribution in [-0.4, -0.2) is 22.4 Å². The van der Waals surface area contributed by atoms with Crippen molar-refractivity contribution in [1.82, 2.24) is 9.78 Å². The van der Waals surface area contributed by atoms with Crippen molar-refractivity contribution in [2.24, 2.45) is 0 Å². The van der Waals surface area contributed by atoms with Gasteiger partial charge in [0, 0.05) is 6.07 Å². The maximum absolute atomic E-state index is 11.2. The lowest BCUT2D eigenvalue weighted by molar-refractivity contribution is 0.0518. The first-order valence-corrected chi connectivity index (χ1v) is 4.06. The van der Waals surface area contributed by atoms with Gasteiger partial charge in [-0.25, -0.2) is 9.48 Å². The zero-order valence-electron chi connectivity index (χ0n) is 7.73. The molecule has 0 unspecified atom stereocenters. The van der Waals surface area contributed by atoms with E-state index in [1.807, 2.05) is 6.07 Å². The summed E-state index contributed by atoms with van der Waals surface area (Å²) in [6.45, 7) is 2.00. The number of esters is 1. The third-order valence-corrected chi connectivity index (χ3v) is 1.52. The van der Waals surface area contributed by atoms with Gasteiger partial charge in [0.15, 0.2) is 5.69 Å². The first-order chi connectivity index (χ1) is 6.69. The monoisotopic (exact) mass is 194 g/mol. The van der Waals surface area contributed by atoms with Crippen LogP contribution in [0.1, 0.15) is 17.4 Å². The molecule has 0 aliphatic rings. The average Bonchev–Trinajstić information content (AvgIpc) is 2.49. The minimum atomic E-state index is -0.532. The van der Waals surface area contributed by atoms with E-state index in [1.54, 1.807) is 6.92 Å². The van der Waals surface area contributed by atoms with Crippen molar-refractivity contribution in [3.63, 3.8) is 0 Å². The summed E-state index contributed by atoms with van der Waals surface area (Å²) in [7, 11) is 0. The number of nitrogen functional groups attached to an aromatic ring is 1. The van der Waals surface area contributed by atoms with Crippen molar-refractivity contribution < 1.29 is 9.53 Å². The van der Waals surface area contributed by atoms with Gasteiger partial charge >= 0.3 is 5.97 Å². The van der Waals surface area contributed by atoms with Gasteiger partial charge in [-0.15, -0.1) is 0 Å². The van der Waals surface area contributed by atoms with Crippen LogP contribution >= 0.6 is 0 Å². The number of anilines is 1. The Morgan fingerprint density at radius 1 is 1.86 bits per heavy atom. The predicted molar refractivity (Wildman–Crippen MR) is 48.2 cm³/mol. The molecule has 6 heteroatoms. The number of hydrogen-bond acceptors (Lipinski definition) is 5. The van der Waals surface area contributed by atoms with Crippen molar-refractivity contribution in [2.45, 2.75) is 13.5 Å². The van der Waals surface area contributed by atoms with Crippen LogP contribution in [0.3, 0.4) is 0 Å². The molecule has 0 aliphatic carbocycles. The molecular formula is C8H10N4O2. The molecule has 6 nitrogen and oxygen atoms in total. The van der Waals surface area contributed by atoms with Crippen LogP contribution in [0.4, 0.5) is 5.82 Å². The number of nitrogens with zero attached hydrogens (tertiary/aromatic N) is 3. The molecule has 0 aliphatic heterocycles. The number of carbonyl (C=O) groups is 1. The number of nitriles is 1. The van der Waals surface area contributed by atoms with Gasteiger partial charge in [-0.3, -0.25) is 0 Å². The molecule has 2 N–H and O–H groups in total. The van der Waals surface area contributed by atoms with Crippen LogP contribution < -0.4 is 5.73 Å². The van der Waals surface area contributed by atoms with Gasteiger partial charge in [0.2, 0.25) is 0 Å². The molecule has 0 saturated carbocycles. The van der Waals surface area contributed by atoms with E-state index in [4.69, 9.17) is 15.7 Å². The van der Waals surface area contributed by atoms with Gasteiger partial charge in [0.1, 0.15) is 12.4 Å². The molecule has 1 aromatic heterocycles. The molecule has 1 rings (SSSR count). The zero-order valence-corrected chi connectivity index (χ0v) is 7.73. The quantitative estimate of drug-likeness (QED) is 0.692. The molecule has 1 heterocycles. The number of carbonyl (C=O) groups excluding carboxylic acids is 1. The molecule has 74 valence electrons. The Morgan fingerprint density at radius 3 is 3.14 bits per heavy atom. The molecule has 0 aromatic carbocycles. The normalized spacial score (nSPS) is 9.43. The predicted octanol–water partition coefficient (Wildman–Crippen LogP) is 0.166. The maximum atomic E-state index is 11.2. The molecule has 0 bridgehead atoms. The van der Waals surface area contributed by atoms with E-state index in [1.165, 1.54) is 10.7 Å². The third kappa shape index (κ3) is 2.01. The second kappa shape index (κ2) is 4.28. The molecule has 1 aromatic rings. The Balaban J connectivity index is 2.86. The zero-order chi connectivity index (χ0) is 10.6. The van der Waals surface area contributed by atoms with Crippen molar-refractivity contribution in [3.8, 4) is 6.07 Å². The van der Waals surface area contributed by atoms with Crippen molar-refractivity contribution in [3.05, 3.63) is 11.8 Å². The van der Waals surface area contributed by atoms with E-state index >= 15 is 0 Å². The average molecular weight is 194 g/mol. The van der Waals surface area contributed by atoms with Gasteiger partial charge < -0.3 is 10.5 Å². The minimum absolute atomic E-state index is 0.0191. The Morgan fingerprint density at radius 2 is 2.57 bits per heavy atom. The van der Waals surface area contributed by atoms with Crippen molar-refractivity contribution in [2.75, 3.05) is 12.3 Å². The van der Waals surface area contributed by atoms with E-state index < -0.39 is 5.97 Å². The number of nitrogens with two attached hydrogens (primary N) is 1. The van der Waals surface area contributed by atoms with E-state index in [9.17, 15) is 4.79 Å². The second-order valence-electron chi connectivity index (χ2n) is 2.49. The van der Waals surface area contributed by atoms with Gasteiger partial charge in [-0.2, -0.15) is 10.4 Å². The van der Waals surface area contributed by atoms with Crippen LogP contribution in [0.2, 0.25) is 0 Å². The number of ether oxygens (including phenoxy) is 1. The molecule has 0 amide bonds. The summed E-state index contributed by atoms with van der Waals surface area (Å²) in [5.74, 6) is -0.259. The van der Waals surface area contributed by atoms with Crippen LogP contribution in [0.15, 0.2) is 6.07 Å². The minimum Gasteiger partial charge on any atom is -0.461 e. The molecule has 0 atom stereocenters. The molecular weight excluding hydrogens is 184 g/mol. The Kier molecular flexibility index (Phi) is 3.07. The summed E-state index contributed by atoms with van der Waals surface area (Å²) in [6.07, 6.45) is 0. The second-order valence-corrected chi connectivity index (χ2v) is 2.49. The summed E-state index contributed by atoms with van der Waals surface area (Å²) in [5.41, 5.74) is 5.63. The maximum Gasteiger partial charge on any atom is 0.358 e. The summed E-state index contributed by atoms with van der Waals surface area (Å²) in [5, 5.41) is 12.2. The molecule has 0 saturated heterocycles. The highest BCUT2D eigenvalue weighted by molar-refractivity contribution is 5.88. The number of aromatic nitrogens is 2. The van der Waals surface area contributed by atoms with E-state index in [0.29, 0.717) is 0 Å². The standard InChI is InChI=1S/C8H10N4O2/c1-2-14-8(13)6-5-7(10)12(11-6)4-3-9/h5H,2,4,10H2,1H3. The van der Waals surface area contributed by atoms with E-state index in [2.05, 4.69) is 5.10 Å². The highest BCUT2D eigenvalue weighted by Crippen LogP contribution is 2.07. The fourth-order valence-electron chi connectivity index (χ4n) is 0.930. The Bertz CT molecular complexity index is 377. The molecule has 0 radical (unpaired) electrons. The summed E-state index contributed by atoms with van der Waals surface area (Å²) in [4.78, 5) is 11.2. The van der Waals surface area contributed by atoms with E-state index in [0.717, 1.165) is 0 Å². The van der Waals surface area contributed by atoms with Gasteiger partial charge in [-0.05, 0) is 6.92 Å². The summed E-state index contributed by atoms with van der Waals surface area (Å²) >= 11 is 0. The highest BCUT2D eigenvalue weighted by atomic mass is 16.5. The van der Waals surface area contributed by atoms with Crippen LogP contribution in [-0.2, 0) is 11.3 Å². The molecule has 14 heavy (non-hydrogen) atoms. The van der Waals surface area contributed by atoms with E-state index in [-0.39, 0.29) is 24.7 Å². The fourth-order valence-corrected chi connectivity index (χ4v) is 0.930. The largest absolute Gasteiger partial charge is 0.461 e. The Labute approximate surface area is 80.9 Å². The third-order valence-electron chi connectivity index (χ3n) is 1.52. The van der Waals surface area contributed by atoms with Crippen molar-refractivity contribution >= 4 is 11.8 Å². The van der Waals surface area contributed by atoms with Gasteiger partial charge in [0.25, 0.3) is 0 Å². The summed E-state index contributed by atoms with van der Waals surface area (Å²) in [6, 6.07) is 3.26. The van der Waals surface area contributed by atoms with Gasteiger partial charge in [-0.1, -0.05) is 0 Å². The lowest BCUT2D eigenvalue weighted by atomic mass is 10.4. The molecule has 0 fully saturated rings. The van der Waals surface area contributed by atoms with Crippen molar-refractivity contribution in [1.29, 1.82) is 5.26 Å². The number of rotatable bonds is 3. The SMILES string of the molecule is CCOC(=O)c1cc(N)n(CC#N)n1. The lowest BCUT2D eigenvalue weighted by Crippen LogP contribution is -2.07. The first-order valence-electron chi connectivity index (χ1n) is 4.06. The fraction of sp³-hybridized carbons (Fsp3) is 0.375.